The predicted molar refractivity (Wildman–Crippen MR) is 65.6 cm³/mol. The second-order valence-electron chi connectivity index (χ2n) is 7.31. The number of carbonyl (C=O) groups is 1. The van der Waals surface area contributed by atoms with Crippen molar-refractivity contribution < 1.29 is 13.6 Å². The molecule has 0 aromatic carbocycles. The third kappa shape index (κ3) is 1.48. The summed E-state index contributed by atoms with van der Waals surface area (Å²) >= 11 is 0. The Balaban J connectivity index is 1.39. The Morgan fingerprint density at radius 2 is 2.00 bits per heavy atom. The topological polar surface area (TPSA) is 46.3 Å². The lowest BCUT2D eigenvalue weighted by Crippen LogP contribution is -2.47. The van der Waals surface area contributed by atoms with Crippen LogP contribution in [0.1, 0.15) is 38.5 Å². The lowest BCUT2D eigenvalue weighted by molar-refractivity contribution is -0.142. The molecule has 1 aliphatic heterocycles. The largest absolute Gasteiger partial charge is 0.340 e. The van der Waals surface area contributed by atoms with Gasteiger partial charge in [0.1, 0.15) is 0 Å². The summed E-state index contributed by atoms with van der Waals surface area (Å²) in [5.41, 5.74) is 5.35. The average molecular weight is 270 g/mol. The lowest BCUT2D eigenvalue weighted by Gasteiger charge is -2.37. The molecule has 2 atom stereocenters. The molecule has 0 bridgehead atoms. The number of likely N-dealkylation sites (tertiary alicyclic amines) is 1. The minimum atomic E-state index is -2.50. The first kappa shape index (κ1) is 12.1. The third-order valence-electron chi connectivity index (χ3n) is 6.08. The van der Waals surface area contributed by atoms with Crippen LogP contribution in [0.25, 0.3) is 0 Å². The fourth-order valence-corrected chi connectivity index (χ4v) is 4.64. The smallest absolute Gasteiger partial charge is 0.254 e. The summed E-state index contributed by atoms with van der Waals surface area (Å²) in [6.07, 6.45) is 4.02. The number of carbonyl (C=O) groups excluding carboxylic acids is 1. The highest BCUT2D eigenvalue weighted by Crippen LogP contribution is 2.73. The molecule has 0 aromatic rings. The molecule has 3 saturated carbocycles. The van der Waals surface area contributed by atoms with Crippen molar-refractivity contribution in [3.05, 3.63) is 0 Å². The summed E-state index contributed by atoms with van der Waals surface area (Å²) in [4.78, 5) is 14.2. The van der Waals surface area contributed by atoms with Gasteiger partial charge in [0.2, 0.25) is 5.91 Å². The van der Waals surface area contributed by atoms with Gasteiger partial charge in [-0.25, -0.2) is 8.78 Å². The van der Waals surface area contributed by atoms with Crippen LogP contribution in [0.4, 0.5) is 8.78 Å². The van der Waals surface area contributed by atoms with Gasteiger partial charge < -0.3 is 10.6 Å². The van der Waals surface area contributed by atoms with Crippen LogP contribution < -0.4 is 5.73 Å². The predicted octanol–water partition coefficient (Wildman–Crippen LogP) is 1.76. The average Bonchev–Trinajstić information content (AvgIpc) is 2.54. The zero-order valence-corrected chi connectivity index (χ0v) is 11.0. The number of halogens is 2. The van der Waals surface area contributed by atoms with E-state index in [0.29, 0.717) is 25.3 Å². The zero-order chi connectivity index (χ0) is 13.5. The SMILES string of the molecule is NC12CCCC1CN(C(=O)C1CC3(C1)CC3(F)F)C2. The summed E-state index contributed by atoms with van der Waals surface area (Å²) in [7, 11) is 0. The quantitative estimate of drug-likeness (QED) is 0.789. The number of nitrogens with two attached hydrogens (primary N) is 1. The monoisotopic (exact) mass is 270 g/mol. The first-order valence-corrected chi connectivity index (χ1v) is 7.31. The number of alkyl halides is 2. The van der Waals surface area contributed by atoms with Gasteiger partial charge in [0.05, 0.1) is 0 Å². The Bertz CT molecular complexity index is 447. The first-order valence-electron chi connectivity index (χ1n) is 7.31. The van der Waals surface area contributed by atoms with Gasteiger partial charge in [-0.2, -0.15) is 0 Å². The van der Waals surface area contributed by atoms with Crippen molar-refractivity contribution in [1.82, 2.24) is 4.90 Å². The van der Waals surface area contributed by atoms with Crippen LogP contribution in [-0.4, -0.2) is 35.4 Å². The molecule has 4 rings (SSSR count). The second-order valence-corrected chi connectivity index (χ2v) is 7.31. The van der Waals surface area contributed by atoms with E-state index in [1.165, 1.54) is 0 Å². The van der Waals surface area contributed by atoms with E-state index < -0.39 is 11.3 Å². The van der Waals surface area contributed by atoms with Crippen molar-refractivity contribution in [2.75, 3.05) is 13.1 Å². The molecule has 1 heterocycles. The van der Waals surface area contributed by atoms with Gasteiger partial charge in [0, 0.05) is 36.4 Å². The highest BCUT2D eigenvalue weighted by Gasteiger charge is 2.76. The van der Waals surface area contributed by atoms with E-state index in [4.69, 9.17) is 5.73 Å². The van der Waals surface area contributed by atoms with Gasteiger partial charge in [-0.15, -0.1) is 0 Å². The van der Waals surface area contributed by atoms with Gasteiger partial charge in [-0.1, -0.05) is 6.42 Å². The van der Waals surface area contributed by atoms with E-state index in [1.54, 1.807) is 0 Å². The minimum absolute atomic E-state index is 0.00671. The Kier molecular flexibility index (Phi) is 2.09. The Morgan fingerprint density at radius 1 is 1.32 bits per heavy atom. The molecule has 106 valence electrons. The van der Waals surface area contributed by atoms with Gasteiger partial charge in [0.25, 0.3) is 5.92 Å². The van der Waals surface area contributed by atoms with Gasteiger partial charge in [-0.3, -0.25) is 4.79 Å². The molecule has 19 heavy (non-hydrogen) atoms. The van der Waals surface area contributed by atoms with Crippen molar-refractivity contribution in [3.8, 4) is 0 Å². The number of hydrogen-bond donors (Lipinski definition) is 1. The molecule has 0 radical (unpaired) electrons. The summed E-state index contributed by atoms with van der Waals surface area (Å²) in [6, 6.07) is 0. The number of nitrogens with zero attached hydrogens (tertiary/aromatic N) is 1. The lowest BCUT2D eigenvalue weighted by atomic mass is 9.70. The molecule has 4 fully saturated rings. The number of rotatable bonds is 1. The van der Waals surface area contributed by atoms with Crippen molar-refractivity contribution in [2.45, 2.75) is 50.0 Å². The maximum Gasteiger partial charge on any atom is 0.254 e. The van der Waals surface area contributed by atoms with E-state index >= 15 is 0 Å². The fourth-order valence-electron chi connectivity index (χ4n) is 4.64. The van der Waals surface area contributed by atoms with E-state index in [2.05, 4.69) is 0 Å². The number of fused-ring (bicyclic) bond motifs is 1. The molecular formula is C14H20F2N2O. The molecule has 2 unspecified atom stereocenters. The molecule has 2 N–H and O–H groups in total. The first-order chi connectivity index (χ1) is 8.85. The molecule has 1 spiro atoms. The van der Waals surface area contributed by atoms with E-state index in [-0.39, 0.29) is 23.8 Å². The highest BCUT2D eigenvalue weighted by atomic mass is 19.3. The van der Waals surface area contributed by atoms with Crippen molar-refractivity contribution >= 4 is 5.91 Å². The molecule has 5 heteroatoms. The van der Waals surface area contributed by atoms with Crippen LogP contribution in [0.3, 0.4) is 0 Å². The second kappa shape index (κ2) is 3.30. The normalized spacial score (nSPS) is 50.2. The third-order valence-corrected chi connectivity index (χ3v) is 6.08. The van der Waals surface area contributed by atoms with Crippen LogP contribution in [0.2, 0.25) is 0 Å². The molecule has 3 aliphatic carbocycles. The van der Waals surface area contributed by atoms with Crippen LogP contribution in [0.15, 0.2) is 0 Å². The van der Waals surface area contributed by atoms with Gasteiger partial charge >= 0.3 is 0 Å². The molecule has 1 saturated heterocycles. The van der Waals surface area contributed by atoms with E-state index in [9.17, 15) is 13.6 Å². The summed E-state index contributed by atoms with van der Waals surface area (Å²) in [5, 5.41) is 0. The van der Waals surface area contributed by atoms with Crippen LogP contribution in [0.5, 0.6) is 0 Å². The molecule has 3 nitrogen and oxygen atoms in total. The Labute approximate surface area is 111 Å². The summed E-state index contributed by atoms with van der Waals surface area (Å²) in [5.74, 6) is -2.17. The van der Waals surface area contributed by atoms with Crippen LogP contribution in [0, 0.1) is 17.3 Å². The Hall–Kier alpha value is -0.710. The maximum atomic E-state index is 13.2. The van der Waals surface area contributed by atoms with Crippen LogP contribution >= 0.6 is 0 Å². The summed E-state index contributed by atoms with van der Waals surface area (Å²) < 4.78 is 26.3. The Morgan fingerprint density at radius 3 is 2.58 bits per heavy atom. The maximum absolute atomic E-state index is 13.2. The van der Waals surface area contributed by atoms with Crippen molar-refractivity contribution in [1.29, 1.82) is 0 Å². The number of hydrogen-bond acceptors (Lipinski definition) is 2. The highest BCUT2D eigenvalue weighted by molar-refractivity contribution is 5.81. The molecular weight excluding hydrogens is 250 g/mol. The minimum Gasteiger partial charge on any atom is -0.340 e. The van der Waals surface area contributed by atoms with Gasteiger partial charge in [-0.05, 0) is 31.6 Å². The van der Waals surface area contributed by atoms with Crippen molar-refractivity contribution in [3.63, 3.8) is 0 Å². The zero-order valence-electron chi connectivity index (χ0n) is 11.0. The van der Waals surface area contributed by atoms with E-state index in [1.807, 2.05) is 4.90 Å². The fraction of sp³-hybridized carbons (Fsp3) is 0.929. The van der Waals surface area contributed by atoms with Gasteiger partial charge in [0.15, 0.2) is 0 Å². The molecule has 4 aliphatic rings. The van der Waals surface area contributed by atoms with Crippen molar-refractivity contribution in [2.24, 2.45) is 23.0 Å². The molecule has 0 aromatic heterocycles. The number of amides is 1. The van der Waals surface area contributed by atoms with E-state index in [0.717, 1.165) is 25.8 Å². The molecule has 1 amide bonds. The summed E-state index contributed by atoms with van der Waals surface area (Å²) in [6.45, 7) is 1.38. The standard InChI is InChI=1S/C14H20F2N2O/c15-14(16)7-12(14)4-9(5-12)11(19)18-6-10-2-1-3-13(10,17)8-18/h9-10H,1-8,17H2. The van der Waals surface area contributed by atoms with Crippen LogP contribution in [-0.2, 0) is 4.79 Å².